The average molecular weight is 418 g/mol. The zero-order chi connectivity index (χ0) is 21.6. The van der Waals surface area contributed by atoms with E-state index in [4.69, 9.17) is 0 Å². The zero-order valence-corrected chi connectivity index (χ0v) is 17.7. The van der Waals surface area contributed by atoms with Crippen LogP contribution in [-0.4, -0.2) is 33.1 Å². The third-order valence-electron chi connectivity index (χ3n) is 5.53. The Labute approximate surface area is 181 Å². The van der Waals surface area contributed by atoms with Crippen LogP contribution in [0.3, 0.4) is 0 Å². The summed E-state index contributed by atoms with van der Waals surface area (Å²) in [4.78, 5) is 24.5. The number of fused-ring (bicyclic) bond motifs is 1. The molecule has 0 saturated heterocycles. The van der Waals surface area contributed by atoms with Crippen LogP contribution in [0.15, 0.2) is 48.5 Å². The first-order valence-electron chi connectivity index (χ1n) is 10.7. The fraction of sp³-hybridized carbons (Fsp3) is 0.333. The molecule has 7 heteroatoms. The Bertz CT molecular complexity index is 1070. The number of rotatable bonds is 6. The van der Waals surface area contributed by atoms with Crippen molar-refractivity contribution in [2.24, 2.45) is 0 Å². The summed E-state index contributed by atoms with van der Waals surface area (Å²) in [6.07, 6.45) is 4.67. The number of benzene rings is 2. The van der Waals surface area contributed by atoms with Crippen molar-refractivity contribution in [2.45, 2.75) is 45.6 Å². The molecule has 0 radical (unpaired) electrons. The van der Waals surface area contributed by atoms with Crippen LogP contribution in [0.25, 0.3) is 11.4 Å². The van der Waals surface area contributed by atoms with Gasteiger partial charge in [-0.25, -0.2) is 0 Å². The Balaban J connectivity index is 1.40. The van der Waals surface area contributed by atoms with Gasteiger partial charge in [0.25, 0.3) is 0 Å². The summed E-state index contributed by atoms with van der Waals surface area (Å²) in [5, 5.41) is 14.4. The van der Waals surface area contributed by atoms with Gasteiger partial charge in [0.05, 0.1) is 13.0 Å². The van der Waals surface area contributed by atoms with Gasteiger partial charge in [-0.2, -0.15) is 0 Å². The van der Waals surface area contributed by atoms with E-state index >= 15 is 0 Å². The minimum Gasteiger partial charge on any atom is -0.347 e. The van der Waals surface area contributed by atoms with Crippen molar-refractivity contribution in [3.05, 3.63) is 65.5 Å². The highest BCUT2D eigenvalue weighted by Crippen LogP contribution is 2.26. The van der Waals surface area contributed by atoms with Gasteiger partial charge in [0, 0.05) is 24.2 Å². The van der Waals surface area contributed by atoms with E-state index in [1.165, 1.54) is 6.42 Å². The van der Waals surface area contributed by atoms with Crippen molar-refractivity contribution in [2.75, 3.05) is 11.9 Å². The van der Waals surface area contributed by atoms with Crippen molar-refractivity contribution < 1.29 is 9.59 Å². The maximum Gasteiger partial charge on any atom is 0.243 e. The smallest absolute Gasteiger partial charge is 0.243 e. The summed E-state index contributed by atoms with van der Waals surface area (Å²) >= 11 is 0. The summed E-state index contributed by atoms with van der Waals surface area (Å²) < 4.78 is 2.19. The second-order valence-electron chi connectivity index (χ2n) is 7.92. The normalized spacial score (nSPS) is 13.2. The lowest BCUT2D eigenvalue weighted by atomic mass is 10.1. The zero-order valence-electron chi connectivity index (χ0n) is 17.7. The summed E-state index contributed by atoms with van der Waals surface area (Å²) in [6.45, 7) is 2.79. The molecule has 2 N–H and O–H groups in total. The number of nitrogens with one attached hydrogen (secondary N) is 2. The van der Waals surface area contributed by atoms with E-state index in [9.17, 15) is 9.59 Å². The number of aromatic nitrogens is 3. The molecule has 1 aromatic heterocycles. The lowest BCUT2D eigenvalue weighted by Crippen LogP contribution is -2.33. The number of carbonyl (C=O) groups excluding carboxylic acids is 2. The van der Waals surface area contributed by atoms with Gasteiger partial charge in [0.1, 0.15) is 5.82 Å². The van der Waals surface area contributed by atoms with E-state index < -0.39 is 0 Å². The first kappa shape index (κ1) is 20.8. The third kappa shape index (κ3) is 5.17. The highest BCUT2D eigenvalue weighted by Gasteiger charge is 2.17. The summed E-state index contributed by atoms with van der Waals surface area (Å²) in [5.41, 5.74) is 3.50. The molecule has 0 unspecified atom stereocenters. The van der Waals surface area contributed by atoms with Crippen LogP contribution in [0, 0.1) is 6.92 Å². The highest BCUT2D eigenvalue weighted by atomic mass is 16.2. The molecule has 2 aromatic carbocycles. The third-order valence-corrected chi connectivity index (χ3v) is 5.53. The Morgan fingerprint density at radius 1 is 1.00 bits per heavy atom. The molecule has 0 spiro atoms. The lowest BCUT2D eigenvalue weighted by Gasteiger charge is -2.12. The van der Waals surface area contributed by atoms with Gasteiger partial charge in [-0.1, -0.05) is 48.9 Å². The molecule has 0 fully saturated rings. The number of amides is 2. The molecule has 1 aliphatic heterocycles. The van der Waals surface area contributed by atoms with Crippen LogP contribution in [-0.2, 0) is 29.0 Å². The quantitative estimate of drug-likeness (QED) is 0.644. The van der Waals surface area contributed by atoms with E-state index in [1.54, 1.807) is 0 Å². The second-order valence-corrected chi connectivity index (χ2v) is 7.92. The molecule has 0 bridgehead atoms. The molecule has 0 saturated carbocycles. The average Bonchev–Trinajstić information content (AvgIpc) is 3.02. The predicted molar refractivity (Wildman–Crippen MR) is 120 cm³/mol. The van der Waals surface area contributed by atoms with Gasteiger partial charge in [-0.3, -0.25) is 9.59 Å². The van der Waals surface area contributed by atoms with Gasteiger partial charge in [0.15, 0.2) is 5.82 Å². The SMILES string of the molecule is Cc1ccc(-c2nnc3n2CCCCC3)cc1NC(=O)CNC(=O)Cc1ccccc1. The topological polar surface area (TPSA) is 88.9 Å². The van der Waals surface area contributed by atoms with Crippen LogP contribution < -0.4 is 10.6 Å². The van der Waals surface area contributed by atoms with Crippen molar-refractivity contribution >= 4 is 17.5 Å². The van der Waals surface area contributed by atoms with E-state index in [2.05, 4.69) is 25.4 Å². The van der Waals surface area contributed by atoms with E-state index in [1.807, 2.05) is 55.5 Å². The maximum atomic E-state index is 12.4. The molecular weight excluding hydrogens is 390 g/mol. The van der Waals surface area contributed by atoms with Gasteiger partial charge < -0.3 is 15.2 Å². The molecule has 4 rings (SSSR count). The Morgan fingerprint density at radius 3 is 2.68 bits per heavy atom. The molecule has 1 aliphatic rings. The van der Waals surface area contributed by atoms with Gasteiger partial charge >= 0.3 is 0 Å². The van der Waals surface area contributed by atoms with E-state index in [0.717, 1.165) is 54.1 Å². The van der Waals surface area contributed by atoms with E-state index in [0.29, 0.717) is 5.69 Å². The maximum absolute atomic E-state index is 12.4. The number of hydrogen-bond acceptors (Lipinski definition) is 4. The Hall–Kier alpha value is -3.48. The Kier molecular flexibility index (Phi) is 6.40. The van der Waals surface area contributed by atoms with Crippen molar-refractivity contribution in [1.29, 1.82) is 0 Å². The minimum absolute atomic E-state index is 0.0737. The lowest BCUT2D eigenvalue weighted by molar-refractivity contribution is -0.123. The molecule has 0 atom stereocenters. The minimum atomic E-state index is -0.262. The first-order valence-corrected chi connectivity index (χ1v) is 10.7. The number of carbonyl (C=O) groups is 2. The van der Waals surface area contributed by atoms with Gasteiger partial charge in [0.2, 0.25) is 11.8 Å². The molecule has 2 heterocycles. The molecule has 0 aliphatic carbocycles. The molecular formula is C24H27N5O2. The monoisotopic (exact) mass is 417 g/mol. The second kappa shape index (κ2) is 9.55. The predicted octanol–water partition coefficient (Wildman–Crippen LogP) is 3.28. The van der Waals surface area contributed by atoms with Crippen molar-refractivity contribution in [1.82, 2.24) is 20.1 Å². The number of anilines is 1. The fourth-order valence-electron chi connectivity index (χ4n) is 3.81. The molecule has 160 valence electrons. The fourth-order valence-corrected chi connectivity index (χ4v) is 3.81. The summed E-state index contributed by atoms with van der Waals surface area (Å²) in [5.74, 6) is 1.42. The highest BCUT2D eigenvalue weighted by molar-refractivity contribution is 5.95. The first-order chi connectivity index (χ1) is 15.1. The molecule has 7 nitrogen and oxygen atoms in total. The van der Waals surface area contributed by atoms with Gasteiger partial charge in [-0.15, -0.1) is 10.2 Å². The molecule has 31 heavy (non-hydrogen) atoms. The van der Waals surface area contributed by atoms with Crippen LogP contribution >= 0.6 is 0 Å². The van der Waals surface area contributed by atoms with Crippen molar-refractivity contribution in [3.63, 3.8) is 0 Å². The van der Waals surface area contributed by atoms with Crippen LogP contribution in [0.5, 0.6) is 0 Å². The number of hydrogen-bond donors (Lipinski definition) is 2. The van der Waals surface area contributed by atoms with Crippen LogP contribution in [0.4, 0.5) is 5.69 Å². The summed E-state index contributed by atoms with van der Waals surface area (Å²) in [6, 6.07) is 15.4. The number of aryl methyl sites for hydroxylation is 2. The largest absolute Gasteiger partial charge is 0.347 e. The van der Waals surface area contributed by atoms with Crippen LogP contribution in [0.2, 0.25) is 0 Å². The molecule has 3 aromatic rings. The van der Waals surface area contributed by atoms with Crippen LogP contribution in [0.1, 0.15) is 36.2 Å². The van der Waals surface area contributed by atoms with E-state index in [-0.39, 0.29) is 24.8 Å². The Morgan fingerprint density at radius 2 is 1.84 bits per heavy atom. The standard InChI is InChI=1S/C24H27N5O2/c1-17-11-12-19(24-28-27-21-10-6-3-7-13-29(21)24)15-20(17)26-23(31)16-25-22(30)14-18-8-4-2-5-9-18/h2,4-5,8-9,11-12,15H,3,6-7,10,13-14,16H2,1H3,(H,25,30)(H,26,31). The van der Waals surface area contributed by atoms with Crippen molar-refractivity contribution in [3.8, 4) is 11.4 Å². The molecule has 2 amide bonds. The van der Waals surface area contributed by atoms with Gasteiger partial charge in [-0.05, 0) is 37.0 Å². The summed E-state index contributed by atoms with van der Waals surface area (Å²) in [7, 11) is 0. The number of nitrogens with zero attached hydrogens (tertiary/aromatic N) is 3.